The molecule has 1 aliphatic carbocycles. The van der Waals surface area contributed by atoms with Gasteiger partial charge < -0.3 is 14.5 Å². The van der Waals surface area contributed by atoms with Crippen LogP contribution in [-0.2, 0) is 9.53 Å². The zero-order valence-electron chi connectivity index (χ0n) is 11.0. The lowest BCUT2D eigenvalue weighted by molar-refractivity contribution is -0.122. The molecule has 5 heteroatoms. The van der Waals surface area contributed by atoms with E-state index in [2.05, 4.69) is 10.2 Å². The van der Waals surface area contributed by atoms with Crippen molar-refractivity contribution in [2.45, 2.75) is 18.9 Å². The van der Waals surface area contributed by atoms with E-state index in [1.807, 2.05) is 12.1 Å². The normalized spacial score (nSPS) is 22.1. The lowest BCUT2D eigenvalue weighted by Gasteiger charge is -2.33. The molecule has 1 aromatic rings. The average molecular weight is 264 g/mol. The Labute approximate surface area is 112 Å². The van der Waals surface area contributed by atoms with E-state index in [0.717, 1.165) is 44.9 Å². The highest BCUT2D eigenvalue weighted by Gasteiger charge is 2.31. The number of nitrogens with zero attached hydrogens (tertiary/aromatic N) is 1. The third kappa shape index (κ3) is 3.16. The fourth-order valence-electron chi connectivity index (χ4n) is 2.47. The van der Waals surface area contributed by atoms with Crippen LogP contribution in [0.4, 0.5) is 0 Å². The van der Waals surface area contributed by atoms with Gasteiger partial charge in [0.15, 0.2) is 0 Å². The summed E-state index contributed by atoms with van der Waals surface area (Å²) in [5.74, 6) is 1.35. The molecule has 0 unspecified atom stereocenters. The van der Waals surface area contributed by atoms with Crippen molar-refractivity contribution < 1.29 is 13.9 Å². The lowest BCUT2D eigenvalue weighted by atomic mass is 10.1. The van der Waals surface area contributed by atoms with Gasteiger partial charge in [-0.3, -0.25) is 9.69 Å². The molecule has 1 aliphatic heterocycles. The molecule has 1 amide bonds. The molecule has 1 saturated carbocycles. The molecule has 19 heavy (non-hydrogen) atoms. The Hall–Kier alpha value is -1.33. The molecular weight excluding hydrogens is 244 g/mol. The summed E-state index contributed by atoms with van der Waals surface area (Å²) in [6, 6.07) is 3.98. The van der Waals surface area contributed by atoms with E-state index >= 15 is 0 Å². The Balaban J connectivity index is 1.63. The minimum atomic E-state index is 0.113. The second-order valence-corrected chi connectivity index (χ2v) is 5.20. The van der Waals surface area contributed by atoms with E-state index < -0.39 is 0 Å². The van der Waals surface area contributed by atoms with Gasteiger partial charge in [0, 0.05) is 25.6 Å². The van der Waals surface area contributed by atoms with Crippen molar-refractivity contribution in [2.24, 2.45) is 5.92 Å². The quantitative estimate of drug-likeness (QED) is 0.867. The number of morpholine rings is 1. The van der Waals surface area contributed by atoms with Crippen molar-refractivity contribution in [1.82, 2.24) is 10.2 Å². The van der Waals surface area contributed by atoms with Crippen LogP contribution in [0, 0.1) is 5.92 Å². The average Bonchev–Trinajstić information content (AvgIpc) is 3.17. The standard InChI is InChI=1S/C14H20N2O3/c17-14(11-3-4-11)15-10-12(13-2-1-7-19-13)16-5-8-18-9-6-16/h1-2,7,11-12H,3-6,8-10H2,(H,15,17)/t12-/m0/s1. The number of nitrogens with one attached hydrogen (secondary N) is 1. The Bertz CT molecular complexity index is 408. The SMILES string of the molecule is O=C(NC[C@@H](c1ccco1)N1CCOCC1)C1CC1. The first-order valence-electron chi connectivity index (χ1n) is 6.97. The topological polar surface area (TPSA) is 54.7 Å². The number of furan rings is 1. The van der Waals surface area contributed by atoms with Crippen molar-refractivity contribution >= 4 is 5.91 Å². The monoisotopic (exact) mass is 264 g/mol. The van der Waals surface area contributed by atoms with E-state index in [4.69, 9.17) is 9.15 Å². The maximum atomic E-state index is 11.8. The second kappa shape index (κ2) is 5.75. The minimum Gasteiger partial charge on any atom is -0.468 e. The predicted octanol–water partition coefficient (Wildman–Crippen LogP) is 1.18. The molecule has 1 N–H and O–H groups in total. The number of ether oxygens (including phenoxy) is 1. The summed E-state index contributed by atoms with van der Waals surface area (Å²) in [5, 5.41) is 3.05. The molecule has 104 valence electrons. The zero-order valence-corrected chi connectivity index (χ0v) is 11.0. The molecule has 1 saturated heterocycles. The molecule has 3 rings (SSSR count). The van der Waals surface area contributed by atoms with Gasteiger partial charge in [0.2, 0.25) is 5.91 Å². The van der Waals surface area contributed by atoms with Crippen molar-refractivity contribution in [3.63, 3.8) is 0 Å². The number of rotatable bonds is 5. The van der Waals surface area contributed by atoms with Crippen molar-refractivity contribution in [3.05, 3.63) is 24.2 Å². The summed E-state index contributed by atoms with van der Waals surface area (Å²) in [6.45, 7) is 3.86. The molecule has 2 fully saturated rings. The second-order valence-electron chi connectivity index (χ2n) is 5.20. The Morgan fingerprint density at radius 2 is 2.21 bits per heavy atom. The van der Waals surface area contributed by atoms with Crippen LogP contribution < -0.4 is 5.32 Å². The third-order valence-electron chi connectivity index (χ3n) is 3.78. The zero-order chi connectivity index (χ0) is 13.1. The van der Waals surface area contributed by atoms with Gasteiger partial charge in [-0.15, -0.1) is 0 Å². The van der Waals surface area contributed by atoms with E-state index in [1.54, 1.807) is 6.26 Å². The fourth-order valence-corrected chi connectivity index (χ4v) is 2.47. The predicted molar refractivity (Wildman–Crippen MR) is 69.6 cm³/mol. The molecule has 2 aliphatic rings. The molecular formula is C14H20N2O3. The van der Waals surface area contributed by atoms with E-state index in [-0.39, 0.29) is 17.9 Å². The maximum Gasteiger partial charge on any atom is 0.223 e. The molecule has 0 aromatic carbocycles. The van der Waals surface area contributed by atoms with Gasteiger partial charge in [0.25, 0.3) is 0 Å². The molecule has 0 bridgehead atoms. The van der Waals surface area contributed by atoms with Crippen LogP contribution in [0.2, 0.25) is 0 Å². The van der Waals surface area contributed by atoms with Crippen LogP contribution in [0.1, 0.15) is 24.6 Å². The Morgan fingerprint density at radius 3 is 2.84 bits per heavy atom. The summed E-state index contributed by atoms with van der Waals surface area (Å²) >= 11 is 0. The first kappa shape index (κ1) is 12.7. The smallest absolute Gasteiger partial charge is 0.223 e. The summed E-state index contributed by atoms with van der Waals surface area (Å²) in [6.07, 6.45) is 3.76. The highest BCUT2D eigenvalue weighted by molar-refractivity contribution is 5.80. The van der Waals surface area contributed by atoms with Crippen LogP contribution in [0.25, 0.3) is 0 Å². The van der Waals surface area contributed by atoms with E-state index in [0.29, 0.717) is 6.54 Å². The van der Waals surface area contributed by atoms with Gasteiger partial charge in [-0.2, -0.15) is 0 Å². The number of carbonyl (C=O) groups excluding carboxylic acids is 1. The molecule has 2 heterocycles. The van der Waals surface area contributed by atoms with Gasteiger partial charge in [-0.25, -0.2) is 0 Å². The third-order valence-corrected chi connectivity index (χ3v) is 3.78. The number of hydrogen-bond acceptors (Lipinski definition) is 4. The van der Waals surface area contributed by atoms with Crippen LogP contribution in [0.5, 0.6) is 0 Å². The van der Waals surface area contributed by atoms with E-state index in [1.165, 1.54) is 0 Å². The molecule has 1 aromatic heterocycles. The fraction of sp³-hybridized carbons (Fsp3) is 0.643. The largest absolute Gasteiger partial charge is 0.468 e. The molecule has 5 nitrogen and oxygen atoms in total. The number of carbonyl (C=O) groups is 1. The lowest BCUT2D eigenvalue weighted by Crippen LogP contribution is -2.43. The molecule has 0 radical (unpaired) electrons. The van der Waals surface area contributed by atoms with Crippen LogP contribution in [-0.4, -0.2) is 43.7 Å². The van der Waals surface area contributed by atoms with Crippen LogP contribution >= 0.6 is 0 Å². The van der Waals surface area contributed by atoms with Gasteiger partial charge in [-0.05, 0) is 25.0 Å². The number of amides is 1. The van der Waals surface area contributed by atoms with Crippen LogP contribution in [0.3, 0.4) is 0 Å². The van der Waals surface area contributed by atoms with Crippen molar-refractivity contribution in [3.8, 4) is 0 Å². The molecule has 0 spiro atoms. The van der Waals surface area contributed by atoms with E-state index in [9.17, 15) is 4.79 Å². The van der Waals surface area contributed by atoms with Crippen LogP contribution in [0.15, 0.2) is 22.8 Å². The summed E-state index contributed by atoms with van der Waals surface area (Å²) < 4.78 is 10.9. The van der Waals surface area contributed by atoms with Crippen molar-refractivity contribution in [1.29, 1.82) is 0 Å². The number of hydrogen-bond donors (Lipinski definition) is 1. The summed E-state index contributed by atoms with van der Waals surface area (Å²) in [4.78, 5) is 14.1. The first-order chi connectivity index (χ1) is 9.34. The Kier molecular flexibility index (Phi) is 3.84. The van der Waals surface area contributed by atoms with Gasteiger partial charge in [-0.1, -0.05) is 0 Å². The summed E-state index contributed by atoms with van der Waals surface area (Å²) in [7, 11) is 0. The Morgan fingerprint density at radius 1 is 1.42 bits per heavy atom. The molecule has 1 atom stereocenters. The minimum absolute atomic E-state index is 0.113. The highest BCUT2D eigenvalue weighted by Crippen LogP contribution is 2.29. The first-order valence-corrected chi connectivity index (χ1v) is 6.97. The van der Waals surface area contributed by atoms with Gasteiger partial charge in [0.05, 0.1) is 25.5 Å². The highest BCUT2D eigenvalue weighted by atomic mass is 16.5. The van der Waals surface area contributed by atoms with Gasteiger partial charge >= 0.3 is 0 Å². The maximum absolute atomic E-state index is 11.8. The summed E-state index contributed by atoms with van der Waals surface area (Å²) in [5.41, 5.74) is 0. The van der Waals surface area contributed by atoms with Gasteiger partial charge in [0.1, 0.15) is 5.76 Å². The van der Waals surface area contributed by atoms with Crippen molar-refractivity contribution in [2.75, 3.05) is 32.8 Å².